The van der Waals surface area contributed by atoms with Crippen LogP contribution in [0.15, 0.2) is 0 Å². The quantitative estimate of drug-likeness (QED) is 0.744. The summed E-state index contributed by atoms with van der Waals surface area (Å²) in [5.41, 5.74) is 0.938. The lowest BCUT2D eigenvalue weighted by Gasteiger charge is -2.29. The second-order valence-corrected chi connectivity index (χ2v) is 8.12. The molecule has 112 valence electrons. The van der Waals surface area contributed by atoms with E-state index in [0.717, 1.165) is 24.9 Å². The number of aliphatic hydroxyl groups is 1. The molecule has 0 spiro atoms. The minimum absolute atomic E-state index is 0.360. The minimum atomic E-state index is 0.360. The summed E-state index contributed by atoms with van der Waals surface area (Å²) < 4.78 is 0. The Morgan fingerprint density at radius 2 is 1.84 bits per heavy atom. The van der Waals surface area contributed by atoms with Gasteiger partial charge in [0.25, 0.3) is 0 Å². The molecule has 2 N–H and O–H groups in total. The van der Waals surface area contributed by atoms with E-state index >= 15 is 0 Å². The summed E-state index contributed by atoms with van der Waals surface area (Å²) in [5.74, 6) is 0.895. The number of hydrogen-bond donors (Lipinski definition) is 2. The van der Waals surface area contributed by atoms with Gasteiger partial charge >= 0.3 is 0 Å². The molecule has 2 aliphatic rings. The summed E-state index contributed by atoms with van der Waals surface area (Å²) in [6.45, 7) is 8.68. The lowest BCUT2D eigenvalue weighted by atomic mass is 9.76. The van der Waals surface area contributed by atoms with Gasteiger partial charge in [0.1, 0.15) is 0 Å². The van der Waals surface area contributed by atoms with Crippen LogP contribution in [0.4, 0.5) is 0 Å². The van der Waals surface area contributed by atoms with Crippen molar-refractivity contribution in [3.05, 3.63) is 0 Å². The van der Waals surface area contributed by atoms with Crippen LogP contribution >= 0.6 is 0 Å². The molecule has 0 saturated heterocycles. The number of aliphatic hydroxyl groups excluding tert-OH is 1. The van der Waals surface area contributed by atoms with E-state index in [2.05, 4.69) is 26.1 Å². The van der Waals surface area contributed by atoms with Gasteiger partial charge in [-0.3, -0.25) is 0 Å². The Kier molecular flexibility index (Phi) is 4.94. The molecule has 0 amide bonds. The van der Waals surface area contributed by atoms with Gasteiger partial charge in [-0.05, 0) is 61.7 Å². The summed E-state index contributed by atoms with van der Waals surface area (Å²) in [6.07, 6.45) is 10.5. The average molecular weight is 267 g/mol. The molecule has 0 aromatic rings. The first kappa shape index (κ1) is 15.3. The van der Waals surface area contributed by atoms with Crippen molar-refractivity contribution in [3.8, 4) is 0 Å². The predicted octanol–water partition coefficient (Wildman–Crippen LogP) is 3.73. The van der Waals surface area contributed by atoms with Gasteiger partial charge in [0.2, 0.25) is 0 Å². The zero-order chi connectivity index (χ0) is 13.9. The highest BCUT2D eigenvalue weighted by Crippen LogP contribution is 2.48. The van der Waals surface area contributed by atoms with Crippen LogP contribution in [0.5, 0.6) is 0 Å². The van der Waals surface area contributed by atoms with E-state index in [1.54, 1.807) is 0 Å². The van der Waals surface area contributed by atoms with Crippen molar-refractivity contribution < 1.29 is 5.11 Å². The zero-order valence-electron chi connectivity index (χ0n) is 13.2. The van der Waals surface area contributed by atoms with Gasteiger partial charge in [0.15, 0.2) is 0 Å². The lowest BCUT2D eigenvalue weighted by molar-refractivity contribution is 0.212. The van der Waals surface area contributed by atoms with E-state index in [1.807, 2.05) is 0 Å². The first-order chi connectivity index (χ1) is 8.95. The molecule has 2 rings (SSSR count). The number of rotatable bonds is 5. The molecular weight excluding hydrogens is 234 g/mol. The van der Waals surface area contributed by atoms with E-state index in [-0.39, 0.29) is 0 Å². The Balaban J connectivity index is 1.74. The first-order valence-corrected chi connectivity index (χ1v) is 8.29. The monoisotopic (exact) mass is 267 g/mol. The van der Waals surface area contributed by atoms with E-state index < -0.39 is 0 Å². The summed E-state index contributed by atoms with van der Waals surface area (Å²) in [4.78, 5) is 0. The molecule has 0 heterocycles. The van der Waals surface area contributed by atoms with Gasteiger partial charge in [-0.1, -0.05) is 27.2 Å². The Hall–Kier alpha value is -0.0800. The van der Waals surface area contributed by atoms with Crippen molar-refractivity contribution in [3.63, 3.8) is 0 Å². The normalized spacial score (nSPS) is 30.9. The van der Waals surface area contributed by atoms with E-state index in [9.17, 15) is 0 Å². The maximum atomic E-state index is 9.12. The molecule has 0 aromatic heterocycles. The fourth-order valence-electron chi connectivity index (χ4n) is 3.66. The SMILES string of the molecule is CC(C)(C)C1CCCC(NCC2(CCO)CC2)CC1. The predicted molar refractivity (Wildman–Crippen MR) is 81.2 cm³/mol. The van der Waals surface area contributed by atoms with Crippen LogP contribution in [0.3, 0.4) is 0 Å². The number of nitrogens with one attached hydrogen (secondary N) is 1. The Morgan fingerprint density at radius 1 is 1.11 bits per heavy atom. The topological polar surface area (TPSA) is 32.3 Å². The molecule has 2 nitrogen and oxygen atoms in total. The molecule has 2 atom stereocenters. The second-order valence-electron chi connectivity index (χ2n) is 8.12. The van der Waals surface area contributed by atoms with Crippen LogP contribution in [0, 0.1) is 16.7 Å². The molecule has 2 fully saturated rings. The maximum Gasteiger partial charge on any atom is 0.0436 e. The van der Waals surface area contributed by atoms with E-state index in [1.165, 1.54) is 44.9 Å². The van der Waals surface area contributed by atoms with E-state index in [4.69, 9.17) is 5.11 Å². The number of hydrogen-bond acceptors (Lipinski definition) is 2. The third-order valence-corrected chi connectivity index (χ3v) is 5.56. The third kappa shape index (κ3) is 4.46. The van der Waals surface area contributed by atoms with Crippen molar-refractivity contribution in [2.75, 3.05) is 13.2 Å². The molecule has 2 aliphatic carbocycles. The fraction of sp³-hybridized carbons (Fsp3) is 1.00. The third-order valence-electron chi connectivity index (χ3n) is 5.56. The van der Waals surface area contributed by atoms with Crippen molar-refractivity contribution >= 4 is 0 Å². The minimum Gasteiger partial charge on any atom is -0.396 e. The van der Waals surface area contributed by atoms with Gasteiger partial charge in [0.05, 0.1) is 0 Å². The molecule has 2 saturated carbocycles. The van der Waals surface area contributed by atoms with Crippen molar-refractivity contribution in [1.82, 2.24) is 5.32 Å². The summed E-state index contributed by atoms with van der Waals surface area (Å²) >= 11 is 0. The standard InChI is InChI=1S/C17H33NO/c1-16(2,3)14-5-4-6-15(8-7-14)18-13-17(9-10-17)11-12-19/h14-15,18-19H,4-13H2,1-3H3. The lowest BCUT2D eigenvalue weighted by Crippen LogP contribution is -2.34. The molecular formula is C17H33NO. The van der Waals surface area contributed by atoms with Gasteiger partial charge in [-0.2, -0.15) is 0 Å². The molecule has 0 radical (unpaired) electrons. The van der Waals surface area contributed by atoms with Crippen LogP contribution in [0.2, 0.25) is 0 Å². The second kappa shape index (κ2) is 6.13. The van der Waals surface area contributed by atoms with Gasteiger partial charge in [-0.15, -0.1) is 0 Å². The highest BCUT2D eigenvalue weighted by atomic mass is 16.3. The van der Waals surface area contributed by atoms with E-state index in [0.29, 0.717) is 17.4 Å². The largest absolute Gasteiger partial charge is 0.396 e. The smallest absolute Gasteiger partial charge is 0.0436 e. The van der Waals surface area contributed by atoms with Crippen LogP contribution in [-0.2, 0) is 0 Å². The maximum absolute atomic E-state index is 9.12. The van der Waals surface area contributed by atoms with Crippen molar-refractivity contribution in [1.29, 1.82) is 0 Å². The van der Waals surface area contributed by atoms with Crippen LogP contribution in [0.25, 0.3) is 0 Å². The van der Waals surface area contributed by atoms with Crippen molar-refractivity contribution in [2.24, 2.45) is 16.7 Å². The van der Waals surface area contributed by atoms with Gasteiger partial charge in [0, 0.05) is 19.2 Å². The van der Waals surface area contributed by atoms with Crippen LogP contribution < -0.4 is 5.32 Å². The van der Waals surface area contributed by atoms with Gasteiger partial charge in [-0.25, -0.2) is 0 Å². The van der Waals surface area contributed by atoms with Crippen LogP contribution in [0.1, 0.15) is 72.1 Å². The average Bonchev–Trinajstić information content (AvgIpc) is 3.09. The molecule has 2 heteroatoms. The first-order valence-electron chi connectivity index (χ1n) is 8.29. The summed E-state index contributed by atoms with van der Waals surface area (Å²) in [5, 5.41) is 12.9. The van der Waals surface area contributed by atoms with Gasteiger partial charge < -0.3 is 10.4 Å². The summed E-state index contributed by atoms with van der Waals surface area (Å²) in [6, 6.07) is 0.725. The Morgan fingerprint density at radius 3 is 2.42 bits per heavy atom. The molecule has 0 aliphatic heterocycles. The Bertz CT molecular complexity index is 277. The molecule has 19 heavy (non-hydrogen) atoms. The highest BCUT2D eigenvalue weighted by Gasteiger charge is 2.41. The summed E-state index contributed by atoms with van der Waals surface area (Å²) in [7, 11) is 0. The molecule has 0 bridgehead atoms. The fourth-order valence-corrected chi connectivity index (χ4v) is 3.66. The molecule has 0 aromatic carbocycles. The van der Waals surface area contributed by atoms with Crippen molar-refractivity contribution in [2.45, 2.75) is 78.2 Å². The highest BCUT2D eigenvalue weighted by molar-refractivity contribution is 4.95. The van der Waals surface area contributed by atoms with Crippen LogP contribution in [-0.4, -0.2) is 24.3 Å². The molecule has 2 unspecified atom stereocenters. The Labute approximate surface area is 119 Å². The zero-order valence-corrected chi connectivity index (χ0v) is 13.2.